The SMILES string of the molecule is O=C(NN=Cc1cc(Cl)cc(Cl)c1O)c1ccco1. The number of phenols is 1. The van der Waals surface area contributed by atoms with E-state index >= 15 is 0 Å². The van der Waals surface area contributed by atoms with Gasteiger partial charge in [-0.05, 0) is 24.3 Å². The minimum Gasteiger partial charge on any atom is -0.506 e. The second kappa shape index (κ2) is 5.77. The first-order chi connectivity index (χ1) is 9.08. The fraction of sp³-hybridized carbons (Fsp3) is 0. The first kappa shape index (κ1) is 13.5. The van der Waals surface area contributed by atoms with E-state index in [9.17, 15) is 9.90 Å². The molecule has 1 heterocycles. The van der Waals surface area contributed by atoms with E-state index in [-0.39, 0.29) is 22.1 Å². The lowest BCUT2D eigenvalue weighted by atomic mass is 10.2. The second-order valence-corrected chi connectivity index (χ2v) is 4.35. The number of carbonyl (C=O) groups excluding carboxylic acids is 1. The normalized spacial score (nSPS) is 10.8. The van der Waals surface area contributed by atoms with Gasteiger partial charge in [0.25, 0.3) is 0 Å². The van der Waals surface area contributed by atoms with Gasteiger partial charge in [-0.15, -0.1) is 0 Å². The number of halogens is 2. The number of hydrogen-bond donors (Lipinski definition) is 2. The van der Waals surface area contributed by atoms with E-state index in [2.05, 4.69) is 10.5 Å². The summed E-state index contributed by atoms with van der Waals surface area (Å²) < 4.78 is 4.88. The van der Waals surface area contributed by atoms with Gasteiger partial charge >= 0.3 is 5.91 Å². The lowest BCUT2D eigenvalue weighted by Crippen LogP contribution is -2.16. The molecule has 1 amide bonds. The third-order valence-electron chi connectivity index (χ3n) is 2.17. The maximum absolute atomic E-state index is 11.5. The predicted molar refractivity (Wildman–Crippen MR) is 71.9 cm³/mol. The van der Waals surface area contributed by atoms with Crippen molar-refractivity contribution in [3.05, 3.63) is 51.9 Å². The van der Waals surface area contributed by atoms with Crippen LogP contribution in [0.15, 0.2) is 40.0 Å². The average Bonchev–Trinajstić information content (AvgIpc) is 2.88. The van der Waals surface area contributed by atoms with E-state index in [0.29, 0.717) is 5.02 Å². The number of phenolic OH excluding ortho intramolecular Hbond substituents is 1. The van der Waals surface area contributed by atoms with Gasteiger partial charge in [0, 0.05) is 10.6 Å². The molecule has 0 atom stereocenters. The molecule has 0 aliphatic carbocycles. The van der Waals surface area contributed by atoms with Crippen LogP contribution < -0.4 is 5.43 Å². The monoisotopic (exact) mass is 298 g/mol. The van der Waals surface area contributed by atoms with Crippen LogP contribution in [0.4, 0.5) is 0 Å². The van der Waals surface area contributed by atoms with Crippen molar-refractivity contribution in [1.82, 2.24) is 5.43 Å². The molecular weight excluding hydrogens is 291 g/mol. The van der Waals surface area contributed by atoms with Gasteiger partial charge in [-0.2, -0.15) is 5.10 Å². The maximum Gasteiger partial charge on any atom is 0.307 e. The smallest absolute Gasteiger partial charge is 0.307 e. The molecule has 0 aliphatic heterocycles. The molecule has 0 saturated carbocycles. The summed E-state index contributed by atoms with van der Waals surface area (Å²) in [7, 11) is 0. The van der Waals surface area contributed by atoms with Crippen molar-refractivity contribution in [3.8, 4) is 5.75 Å². The Kier molecular flexibility index (Phi) is 4.09. The molecule has 2 rings (SSSR count). The van der Waals surface area contributed by atoms with Gasteiger partial charge in [0.05, 0.1) is 17.5 Å². The third-order valence-corrected chi connectivity index (χ3v) is 2.68. The lowest BCUT2D eigenvalue weighted by Gasteiger charge is -2.02. The number of hydrazone groups is 1. The number of benzene rings is 1. The molecule has 19 heavy (non-hydrogen) atoms. The Morgan fingerprint density at radius 1 is 1.42 bits per heavy atom. The van der Waals surface area contributed by atoms with E-state index < -0.39 is 5.91 Å². The Labute approximate surface area is 118 Å². The number of rotatable bonds is 3. The van der Waals surface area contributed by atoms with Gasteiger partial charge in [0.15, 0.2) is 5.76 Å². The summed E-state index contributed by atoms with van der Waals surface area (Å²) in [6, 6.07) is 5.95. The fourth-order valence-corrected chi connectivity index (χ4v) is 1.82. The van der Waals surface area contributed by atoms with Crippen LogP contribution in [-0.2, 0) is 0 Å². The number of aromatic hydroxyl groups is 1. The highest BCUT2D eigenvalue weighted by Crippen LogP contribution is 2.29. The van der Waals surface area contributed by atoms with Crippen LogP contribution in [-0.4, -0.2) is 17.2 Å². The molecule has 98 valence electrons. The topological polar surface area (TPSA) is 74.8 Å². The summed E-state index contributed by atoms with van der Waals surface area (Å²) in [5.74, 6) is -0.540. The first-order valence-electron chi connectivity index (χ1n) is 5.13. The Morgan fingerprint density at radius 3 is 2.89 bits per heavy atom. The van der Waals surface area contributed by atoms with Gasteiger partial charge in [-0.25, -0.2) is 5.43 Å². The zero-order valence-corrected chi connectivity index (χ0v) is 10.9. The summed E-state index contributed by atoms with van der Waals surface area (Å²) in [6.07, 6.45) is 2.61. The van der Waals surface area contributed by atoms with Crippen molar-refractivity contribution in [2.45, 2.75) is 0 Å². The van der Waals surface area contributed by atoms with Gasteiger partial charge in [-0.1, -0.05) is 23.2 Å². The van der Waals surface area contributed by atoms with Crippen LogP contribution in [0.5, 0.6) is 5.75 Å². The highest BCUT2D eigenvalue weighted by molar-refractivity contribution is 6.36. The van der Waals surface area contributed by atoms with Gasteiger partial charge in [0.2, 0.25) is 0 Å². The number of carbonyl (C=O) groups is 1. The van der Waals surface area contributed by atoms with Crippen molar-refractivity contribution >= 4 is 35.3 Å². The van der Waals surface area contributed by atoms with E-state index in [0.717, 1.165) is 0 Å². The van der Waals surface area contributed by atoms with Crippen molar-refractivity contribution in [3.63, 3.8) is 0 Å². The predicted octanol–water partition coefficient (Wildman–Crippen LogP) is 3.06. The van der Waals surface area contributed by atoms with Crippen molar-refractivity contribution < 1.29 is 14.3 Å². The second-order valence-electron chi connectivity index (χ2n) is 3.50. The van der Waals surface area contributed by atoms with Crippen LogP contribution in [0.1, 0.15) is 16.1 Å². The molecule has 7 heteroatoms. The van der Waals surface area contributed by atoms with E-state index in [1.165, 1.54) is 30.7 Å². The summed E-state index contributed by atoms with van der Waals surface area (Å²) in [5, 5.41) is 13.8. The minimum atomic E-state index is -0.506. The molecule has 1 aromatic heterocycles. The zero-order valence-electron chi connectivity index (χ0n) is 9.43. The molecule has 0 unspecified atom stereocenters. The fourth-order valence-electron chi connectivity index (χ4n) is 1.31. The number of furan rings is 1. The van der Waals surface area contributed by atoms with Crippen molar-refractivity contribution in [1.29, 1.82) is 0 Å². The largest absolute Gasteiger partial charge is 0.506 e. The average molecular weight is 299 g/mol. The zero-order chi connectivity index (χ0) is 13.8. The molecule has 0 aliphatic rings. The van der Waals surface area contributed by atoms with Crippen LogP contribution >= 0.6 is 23.2 Å². The van der Waals surface area contributed by atoms with Crippen molar-refractivity contribution in [2.75, 3.05) is 0 Å². The Morgan fingerprint density at radius 2 is 2.21 bits per heavy atom. The van der Waals surface area contributed by atoms with Gasteiger partial charge < -0.3 is 9.52 Å². The maximum atomic E-state index is 11.5. The first-order valence-corrected chi connectivity index (χ1v) is 5.88. The molecular formula is C12H8Cl2N2O3. The molecule has 0 fully saturated rings. The quantitative estimate of drug-likeness (QED) is 0.675. The Hall–Kier alpha value is -1.98. The molecule has 2 aromatic rings. The van der Waals surface area contributed by atoms with Crippen LogP contribution in [0.2, 0.25) is 10.0 Å². The molecule has 2 N–H and O–H groups in total. The summed E-state index contributed by atoms with van der Waals surface area (Å²) in [6.45, 7) is 0. The number of amides is 1. The van der Waals surface area contributed by atoms with Crippen LogP contribution in [0, 0.1) is 0 Å². The van der Waals surface area contributed by atoms with Crippen LogP contribution in [0.25, 0.3) is 0 Å². The highest BCUT2D eigenvalue weighted by atomic mass is 35.5. The Bertz CT molecular complexity index is 624. The van der Waals surface area contributed by atoms with Crippen molar-refractivity contribution in [2.24, 2.45) is 5.10 Å². The van der Waals surface area contributed by atoms with Gasteiger partial charge in [-0.3, -0.25) is 4.79 Å². The molecule has 0 saturated heterocycles. The van der Waals surface area contributed by atoms with E-state index in [1.54, 1.807) is 6.07 Å². The minimum absolute atomic E-state index is 0.103. The summed E-state index contributed by atoms with van der Waals surface area (Å²) in [5.41, 5.74) is 2.53. The number of hydrogen-bond acceptors (Lipinski definition) is 4. The molecule has 0 radical (unpaired) electrons. The highest BCUT2D eigenvalue weighted by Gasteiger charge is 2.08. The third kappa shape index (κ3) is 3.27. The lowest BCUT2D eigenvalue weighted by molar-refractivity contribution is 0.0927. The molecule has 5 nitrogen and oxygen atoms in total. The summed E-state index contributed by atoms with van der Waals surface area (Å²) in [4.78, 5) is 11.5. The summed E-state index contributed by atoms with van der Waals surface area (Å²) >= 11 is 11.5. The standard InChI is InChI=1S/C12H8Cl2N2O3/c13-8-4-7(11(17)9(14)5-8)6-15-16-12(18)10-2-1-3-19-10/h1-6,17H,(H,16,18). The van der Waals surface area contributed by atoms with E-state index in [4.69, 9.17) is 27.6 Å². The Balaban J connectivity index is 2.09. The number of nitrogens with one attached hydrogen (secondary N) is 1. The van der Waals surface area contributed by atoms with Crippen LogP contribution in [0.3, 0.4) is 0 Å². The molecule has 0 spiro atoms. The molecule has 1 aromatic carbocycles. The van der Waals surface area contributed by atoms with Gasteiger partial charge in [0.1, 0.15) is 5.75 Å². The molecule has 0 bridgehead atoms. The van der Waals surface area contributed by atoms with E-state index in [1.807, 2.05) is 0 Å². The number of nitrogens with zero attached hydrogens (tertiary/aromatic N) is 1.